The summed E-state index contributed by atoms with van der Waals surface area (Å²) in [5.74, 6) is 0.525. The molecule has 3 rings (SSSR count). The lowest BCUT2D eigenvalue weighted by molar-refractivity contribution is -0.139. The topological polar surface area (TPSA) is 72.0 Å². The van der Waals surface area contributed by atoms with E-state index >= 15 is 0 Å². The largest absolute Gasteiger partial charge is 0.465 e. The van der Waals surface area contributed by atoms with Gasteiger partial charge in [0, 0.05) is 4.88 Å². The summed E-state index contributed by atoms with van der Waals surface area (Å²) < 4.78 is 4.88. The number of esters is 1. The summed E-state index contributed by atoms with van der Waals surface area (Å²) in [5, 5.41) is 1.23. The fraction of sp³-hybridized carbons (Fsp3) is 0.533. The number of rotatable bonds is 4. The van der Waals surface area contributed by atoms with E-state index in [9.17, 15) is 9.59 Å². The van der Waals surface area contributed by atoms with E-state index in [1.54, 1.807) is 18.3 Å². The van der Waals surface area contributed by atoms with Crippen molar-refractivity contribution in [3.05, 3.63) is 20.8 Å². The van der Waals surface area contributed by atoms with Gasteiger partial charge in [0.2, 0.25) is 0 Å². The second kappa shape index (κ2) is 6.42. The van der Waals surface area contributed by atoms with Crippen LogP contribution in [0.25, 0.3) is 10.2 Å². The molecule has 2 heterocycles. The molecule has 1 aliphatic rings. The molecule has 2 aromatic rings. The monoisotopic (exact) mass is 338 g/mol. The van der Waals surface area contributed by atoms with E-state index in [1.807, 2.05) is 0 Å². The van der Waals surface area contributed by atoms with Gasteiger partial charge in [-0.1, -0.05) is 18.7 Å². The van der Waals surface area contributed by atoms with Crippen molar-refractivity contribution >= 4 is 39.3 Å². The van der Waals surface area contributed by atoms with Gasteiger partial charge in [-0.3, -0.25) is 9.59 Å². The maximum atomic E-state index is 12.4. The summed E-state index contributed by atoms with van der Waals surface area (Å²) in [4.78, 5) is 33.2. The van der Waals surface area contributed by atoms with Crippen molar-refractivity contribution in [1.82, 2.24) is 9.97 Å². The lowest BCUT2D eigenvalue weighted by Gasteiger charge is -2.17. The number of thioether (sulfide) groups is 1. The third-order valence-corrected chi connectivity index (χ3v) is 5.77. The minimum absolute atomic E-state index is 0.0941. The number of hydrogen-bond acceptors (Lipinski definition) is 6. The molecule has 118 valence electrons. The fourth-order valence-corrected chi connectivity index (χ4v) is 4.83. The molecule has 0 spiro atoms. The van der Waals surface area contributed by atoms with E-state index in [4.69, 9.17) is 4.74 Å². The van der Waals surface area contributed by atoms with Crippen LogP contribution in [0.4, 0.5) is 0 Å². The van der Waals surface area contributed by atoms with Crippen molar-refractivity contribution in [3.8, 4) is 0 Å². The molecule has 1 N–H and O–H groups in total. The van der Waals surface area contributed by atoms with Gasteiger partial charge >= 0.3 is 5.97 Å². The van der Waals surface area contributed by atoms with Gasteiger partial charge in [-0.15, -0.1) is 11.3 Å². The van der Waals surface area contributed by atoms with E-state index in [0.29, 0.717) is 17.7 Å². The summed E-state index contributed by atoms with van der Waals surface area (Å²) in [6.45, 7) is 4.37. The van der Waals surface area contributed by atoms with Crippen molar-refractivity contribution < 1.29 is 9.53 Å². The van der Waals surface area contributed by atoms with Gasteiger partial charge in [0.25, 0.3) is 5.56 Å². The number of aryl methyl sites for hydroxylation is 1. The van der Waals surface area contributed by atoms with Crippen molar-refractivity contribution in [2.24, 2.45) is 5.92 Å². The van der Waals surface area contributed by atoms with Crippen molar-refractivity contribution in [3.63, 3.8) is 0 Å². The number of nitrogens with one attached hydrogen (secondary N) is 1. The average molecular weight is 338 g/mol. The predicted octanol–water partition coefficient (Wildman–Crippen LogP) is 2.76. The van der Waals surface area contributed by atoms with Crippen LogP contribution in [0.3, 0.4) is 0 Å². The molecule has 2 aromatic heterocycles. The molecule has 0 aromatic carbocycles. The van der Waals surface area contributed by atoms with E-state index < -0.39 is 0 Å². The Morgan fingerprint density at radius 1 is 1.55 bits per heavy atom. The Kier molecular flexibility index (Phi) is 4.54. The normalized spacial score (nSPS) is 17.5. The number of hydrogen-bond donors (Lipinski definition) is 1. The Balaban J connectivity index is 1.89. The number of carbonyl (C=O) groups excluding carboxylic acids is 1. The number of H-pyrrole nitrogens is 1. The van der Waals surface area contributed by atoms with E-state index in [1.165, 1.54) is 22.2 Å². The first-order chi connectivity index (χ1) is 10.6. The molecule has 22 heavy (non-hydrogen) atoms. The van der Waals surface area contributed by atoms with Crippen LogP contribution in [0.1, 0.15) is 30.7 Å². The smallest absolute Gasteiger partial charge is 0.316 e. The van der Waals surface area contributed by atoms with Crippen LogP contribution >= 0.6 is 23.1 Å². The van der Waals surface area contributed by atoms with E-state index in [2.05, 4.69) is 16.9 Å². The fourth-order valence-electron chi connectivity index (χ4n) is 2.73. The highest BCUT2D eigenvalue weighted by Gasteiger charge is 2.23. The van der Waals surface area contributed by atoms with Crippen LogP contribution in [-0.4, -0.2) is 28.3 Å². The highest BCUT2D eigenvalue weighted by molar-refractivity contribution is 7.99. The summed E-state index contributed by atoms with van der Waals surface area (Å²) >= 11 is 2.83. The van der Waals surface area contributed by atoms with Crippen LogP contribution in [0.15, 0.2) is 9.95 Å². The molecule has 0 saturated heterocycles. The second-order valence-electron chi connectivity index (χ2n) is 5.50. The summed E-state index contributed by atoms with van der Waals surface area (Å²) in [7, 11) is 0. The van der Waals surface area contributed by atoms with Gasteiger partial charge in [-0.2, -0.15) is 0 Å². The molecule has 0 radical (unpaired) electrons. The van der Waals surface area contributed by atoms with Crippen LogP contribution in [-0.2, 0) is 22.4 Å². The summed E-state index contributed by atoms with van der Waals surface area (Å²) in [6, 6.07) is 0. The third-order valence-electron chi connectivity index (χ3n) is 3.78. The first kappa shape index (κ1) is 15.6. The minimum Gasteiger partial charge on any atom is -0.465 e. The average Bonchev–Trinajstić information content (AvgIpc) is 2.83. The van der Waals surface area contributed by atoms with Gasteiger partial charge in [0.05, 0.1) is 17.7 Å². The molecule has 0 aliphatic heterocycles. The number of aromatic nitrogens is 2. The Morgan fingerprint density at radius 2 is 2.36 bits per heavy atom. The number of nitrogens with zero attached hydrogens (tertiary/aromatic N) is 1. The van der Waals surface area contributed by atoms with E-state index in [0.717, 1.165) is 29.5 Å². The Bertz CT molecular complexity index is 766. The molecule has 0 amide bonds. The molecule has 7 heteroatoms. The van der Waals surface area contributed by atoms with E-state index in [-0.39, 0.29) is 17.3 Å². The summed E-state index contributed by atoms with van der Waals surface area (Å²) in [5.41, 5.74) is 1.08. The van der Waals surface area contributed by atoms with Gasteiger partial charge in [-0.05, 0) is 37.7 Å². The van der Waals surface area contributed by atoms with Gasteiger partial charge in [0.15, 0.2) is 5.16 Å². The highest BCUT2D eigenvalue weighted by atomic mass is 32.2. The van der Waals surface area contributed by atoms with Gasteiger partial charge < -0.3 is 9.72 Å². The molecule has 0 unspecified atom stereocenters. The lowest BCUT2D eigenvalue weighted by atomic mass is 9.89. The molecular formula is C15H18N2O3S2. The quantitative estimate of drug-likeness (QED) is 0.527. The molecule has 0 bridgehead atoms. The SMILES string of the molecule is CCOC(=O)CSc1nc2sc3c(c2c(=O)[nH]1)CC[C@@H](C)C3. The van der Waals surface area contributed by atoms with Gasteiger partial charge in [-0.25, -0.2) is 4.98 Å². The summed E-state index contributed by atoms with van der Waals surface area (Å²) in [6.07, 6.45) is 3.11. The van der Waals surface area contributed by atoms with Crippen LogP contribution in [0.5, 0.6) is 0 Å². The Morgan fingerprint density at radius 3 is 3.14 bits per heavy atom. The standard InChI is InChI=1S/C15H18N2O3S2/c1-3-20-11(18)7-21-15-16-13(19)12-9-5-4-8(2)6-10(9)22-14(12)17-15/h8H,3-7H2,1-2H3,(H,16,17,19)/t8-/m1/s1. The minimum atomic E-state index is -0.297. The van der Waals surface area contributed by atoms with Crippen LogP contribution < -0.4 is 5.56 Å². The Hall–Kier alpha value is -1.34. The zero-order valence-corrected chi connectivity index (χ0v) is 14.2. The second-order valence-corrected chi connectivity index (χ2v) is 7.54. The van der Waals surface area contributed by atoms with Crippen LogP contribution in [0.2, 0.25) is 0 Å². The number of carbonyl (C=O) groups is 1. The zero-order chi connectivity index (χ0) is 15.7. The number of ether oxygens (including phenoxy) is 1. The highest BCUT2D eigenvalue weighted by Crippen LogP contribution is 2.36. The van der Waals surface area contributed by atoms with Gasteiger partial charge in [0.1, 0.15) is 4.83 Å². The Labute approximate surface area is 136 Å². The molecular weight excluding hydrogens is 320 g/mol. The number of fused-ring (bicyclic) bond motifs is 3. The van der Waals surface area contributed by atoms with Crippen molar-refractivity contribution in [2.45, 2.75) is 38.3 Å². The first-order valence-corrected chi connectivity index (χ1v) is 9.21. The maximum Gasteiger partial charge on any atom is 0.316 e. The van der Waals surface area contributed by atoms with Crippen molar-refractivity contribution in [2.75, 3.05) is 12.4 Å². The number of thiophene rings is 1. The molecule has 0 saturated carbocycles. The molecule has 0 fully saturated rings. The molecule has 1 atom stereocenters. The van der Waals surface area contributed by atoms with Crippen LogP contribution in [0, 0.1) is 5.92 Å². The van der Waals surface area contributed by atoms with Crippen molar-refractivity contribution in [1.29, 1.82) is 0 Å². The molecule has 5 nitrogen and oxygen atoms in total. The maximum absolute atomic E-state index is 12.4. The number of aromatic amines is 1. The lowest BCUT2D eigenvalue weighted by Crippen LogP contribution is -2.14. The zero-order valence-electron chi connectivity index (χ0n) is 12.6. The predicted molar refractivity (Wildman–Crippen MR) is 88.8 cm³/mol. The first-order valence-electron chi connectivity index (χ1n) is 7.41. The third kappa shape index (κ3) is 3.05. The molecule has 1 aliphatic carbocycles.